The number of nitrogens with zero attached hydrogens (tertiary/aromatic N) is 2. The zero-order valence-electron chi connectivity index (χ0n) is 14.7. The van der Waals surface area contributed by atoms with Crippen LogP contribution in [0.2, 0.25) is 0 Å². The van der Waals surface area contributed by atoms with Gasteiger partial charge in [0.2, 0.25) is 0 Å². The summed E-state index contributed by atoms with van der Waals surface area (Å²) in [5, 5.41) is 3.53. The van der Waals surface area contributed by atoms with Crippen molar-refractivity contribution < 1.29 is 9.53 Å². The number of likely N-dealkylation sites (tertiary alicyclic amines) is 1. The Kier molecular flexibility index (Phi) is 6.09. The largest absolute Gasteiger partial charge is 0.444 e. The number of piperidine rings is 1. The number of carbonyl (C=O) groups is 1. The molecule has 5 nitrogen and oxygen atoms in total. The summed E-state index contributed by atoms with van der Waals surface area (Å²) in [5.74, 6) is 0.784. The van der Waals surface area contributed by atoms with E-state index >= 15 is 0 Å². The van der Waals surface area contributed by atoms with Gasteiger partial charge >= 0.3 is 6.09 Å². The maximum Gasteiger partial charge on any atom is 0.410 e. The first-order valence-electron chi connectivity index (χ1n) is 8.74. The lowest BCUT2D eigenvalue weighted by atomic mass is 9.97. The van der Waals surface area contributed by atoms with E-state index in [1.165, 1.54) is 25.9 Å². The maximum absolute atomic E-state index is 12.2. The number of hydrogen-bond donors (Lipinski definition) is 1. The Labute approximate surface area is 135 Å². The predicted octanol–water partition coefficient (Wildman–Crippen LogP) is 2.32. The highest BCUT2D eigenvalue weighted by Gasteiger charge is 2.34. The third-order valence-electron chi connectivity index (χ3n) is 4.42. The zero-order valence-corrected chi connectivity index (χ0v) is 14.7. The van der Waals surface area contributed by atoms with Gasteiger partial charge in [0.1, 0.15) is 5.60 Å². The van der Waals surface area contributed by atoms with E-state index in [1.807, 2.05) is 25.7 Å². The lowest BCUT2D eigenvalue weighted by Crippen LogP contribution is -2.43. The molecule has 0 aromatic carbocycles. The molecule has 0 bridgehead atoms. The van der Waals surface area contributed by atoms with Gasteiger partial charge in [-0.3, -0.25) is 0 Å². The van der Waals surface area contributed by atoms with Crippen molar-refractivity contribution in [2.24, 2.45) is 5.92 Å². The second-order valence-electron chi connectivity index (χ2n) is 7.86. The van der Waals surface area contributed by atoms with Gasteiger partial charge in [0.15, 0.2) is 0 Å². The van der Waals surface area contributed by atoms with Gasteiger partial charge in [0.05, 0.1) is 0 Å². The highest BCUT2D eigenvalue weighted by molar-refractivity contribution is 5.69. The fourth-order valence-electron chi connectivity index (χ4n) is 2.90. The van der Waals surface area contributed by atoms with E-state index in [9.17, 15) is 4.79 Å². The first kappa shape index (κ1) is 17.5. The number of rotatable bonds is 6. The van der Waals surface area contributed by atoms with E-state index in [4.69, 9.17) is 4.74 Å². The number of hydrogen-bond acceptors (Lipinski definition) is 4. The Bertz CT molecular complexity index is 355. The lowest BCUT2D eigenvalue weighted by molar-refractivity contribution is 0.0235. The van der Waals surface area contributed by atoms with E-state index < -0.39 is 5.60 Å². The topological polar surface area (TPSA) is 44.8 Å². The van der Waals surface area contributed by atoms with Crippen LogP contribution in [0.25, 0.3) is 0 Å². The van der Waals surface area contributed by atoms with Gasteiger partial charge in [-0.25, -0.2) is 4.79 Å². The Morgan fingerprint density at radius 3 is 2.41 bits per heavy atom. The summed E-state index contributed by atoms with van der Waals surface area (Å²) in [4.78, 5) is 16.5. The van der Waals surface area contributed by atoms with E-state index in [-0.39, 0.29) is 6.09 Å². The van der Waals surface area contributed by atoms with E-state index in [2.05, 4.69) is 17.3 Å². The minimum Gasteiger partial charge on any atom is -0.444 e. The van der Waals surface area contributed by atoms with Crippen molar-refractivity contribution in [3.05, 3.63) is 0 Å². The molecule has 0 unspecified atom stereocenters. The van der Waals surface area contributed by atoms with Crippen LogP contribution in [0.1, 0.15) is 46.5 Å². The van der Waals surface area contributed by atoms with Crippen LogP contribution in [0.5, 0.6) is 0 Å². The molecule has 5 heteroatoms. The third kappa shape index (κ3) is 6.13. The molecule has 1 heterocycles. The van der Waals surface area contributed by atoms with Crippen molar-refractivity contribution in [2.45, 2.75) is 58.1 Å². The minimum atomic E-state index is -0.411. The van der Waals surface area contributed by atoms with Crippen molar-refractivity contribution in [2.75, 3.05) is 39.8 Å². The van der Waals surface area contributed by atoms with Crippen LogP contribution in [0.3, 0.4) is 0 Å². The molecule has 2 rings (SSSR count). The van der Waals surface area contributed by atoms with Gasteiger partial charge < -0.3 is 19.9 Å². The van der Waals surface area contributed by atoms with Crippen LogP contribution in [-0.2, 0) is 4.74 Å². The molecule has 1 aliphatic heterocycles. The Morgan fingerprint density at radius 2 is 1.86 bits per heavy atom. The van der Waals surface area contributed by atoms with Gasteiger partial charge in [0.25, 0.3) is 0 Å². The molecule has 0 radical (unpaired) electrons. The van der Waals surface area contributed by atoms with Crippen molar-refractivity contribution >= 4 is 6.09 Å². The van der Waals surface area contributed by atoms with Crippen LogP contribution in [0.4, 0.5) is 4.79 Å². The maximum atomic E-state index is 12.2. The molecular weight excluding hydrogens is 278 g/mol. The summed E-state index contributed by atoms with van der Waals surface area (Å²) >= 11 is 0. The highest BCUT2D eigenvalue weighted by Crippen LogP contribution is 2.28. The molecule has 0 aromatic heterocycles. The average Bonchev–Trinajstić information content (AvgIpc) is 3.23. The fourth-order valence-corrected chi connectivity index (χ4v) is 2.90. The van der Waals surface area contributed by atoms with Crippen LogP contribution in [0.15, 0.2) is 0 Å². The monoisotopic (exact) mass is 311 g/mol. The van der Waals surface area contributed by atoms with Crippen LogP contribution in [-0.4, -0.2) is 67.3 Å². The first-order chi connectivity index (χ1) is 10.3. The summed E-state index contributed by atoms with van der Waals surface area (Å²) in [6.45, 7) is 10.9. The fraction of sp³-hybridized carbons (Fsp3) is 0.941. The Hall–Kier alpha value is -0.810. The number of carbonyl (C=O) groups excluding carboxylic acids is 1. The molecule has 2 aliphatic rings. The zero-order chi connectivity index (χ0) is 16.2. The molecule has 2 fully saturated rings. The first-order valence-corrected chi connectivity index (χ1v) is 8.74. The number of amides is 1. The summed E-state index contributed by atoms with van der Waals surface area (Å²) in [6, 6.07) is 0.403. The van der Waals surface area contributed by atoms with Gasteiger partial charge in [-0.1, -0.05) is 0 Å². The second-order valence-corrected chi connectivity index (χ2v) is 7.86. The SMILES string of the molecule is CN1CCC(CNCCN(C(=O)OC(C)(C)C)C2CC2)CC1. The molecule has 1 amide bonds. The third-order valence-corrected chi connectivity index (χ3v) is 4.42. The van der Waals surface area contributed by atoms with Gasteiger partial charge in [0, 0.05) is 19.1 Å². The van der Waals surface area contributed by atoms with E-state index in [1.54, 1.807) is 0 Å². The smallest absolute Gasteiger partial charge is 0.410 e. The molecule has 1 N–H and O–H groups in total. The molecule has 0 aromatic rings. The van der Waals surface area contributed by atoms with Gasteiger partial charge in [-0.15, -0.1) is 0 Å². The Morgan fingerprint density at radius 1 is 1.23 bits per heavy atom. The van der Waals surface area contributed by atoms with Crippen LogP contribution < -0.4 is 5.32 Å². The molecule has 0 atom stereocenters. The predicted molar refractivity (Wildman–Crippen MR) is 89.1 cm³/mol. The molecule has 1 saturated heterocycles. The molecule has 128 valence electrons. The van der Waals surface area contributed by atoms with Crippen molar-refractivity contribution in [1.82, 2.24) is 15.1 Å². The van der Waals surface area contributed by atoms with Crippen molar-refractivity contribution in [3.8, 4) is 0 Å². The highest BCUT2D eigenvalue weighted by atomic mass is 16.6. The molecule has 1 saturated carbocycles. The van der Waals surface area contributed by atoms with Crippen molar-refractivity contribution in [3.63, 3.8) is 0 Å². The summed E-state index contributed by atoms with van der Waals surface area (Å²) < 4.78 is 5.51. The summed E-state index contributed by atoms with van der Waals surface area (Å²) in [7, 11) is 2.19. The van der Waals surface area contributed by atoms with E-state index in [0.717, 1.165) is 38.4 Å². The molecular formula is C17H33N3O2. The van der Waals surface area contributed by atoms with E-state index in [0.29, 0.717) is 6.04 Å². The summed E-state index contributed by atoms with van der Waals surface area (Å²) in [6.07, 6.45) is 4.64. The average molecular weight is 311 g/mol. The molecule has 1 aliphatic carbocycles. The number of ether oxygens (including phenoxy) is 1. The van der Waals surface area contributed by atoms with Crippen LogP contribution in [0, 0.1) is 5.92 Å². The summed E-state index contributed by atoms with van der Waals surface area (Å²) in [5.41, 5.74) is -0.411. The normalized spacial score (nSPS) is 20.9. The van der Waals surface area contributed by atoms with Crippen molar-refractivity contribution in [1.29, 1.82) is 0 Å². The number of nitrogens with one attached hydrogen (secondary N) is 1. The van der Waals surface area contributed by atoms with Gasteiger partial charge in [-0.05, 0) is 79.1 Å². The quantitative estimate of drug-likeness (QED) is 0.765. The minimum absolute atomic E-state index is 0.156. The lowest BCUT2D eigenvalue weighted by Gasteiger charge is -2.30. The van der Waals surface area contributed by atoms with Gasteiger partial charge in [-0.2, -0.15) is 0 Å². The molecule has 22 heavy (non-hydrogen) atoms. The second kappa shape index (κ2) is 7.64. The molecule has 0 spiro atoms. The standard InChI is InChI=1S/C17H33N3O2/c1-17(2,3)22-16(21)20(15-5-6-15)12-9-18-13-14-7-10-19(4)11-8-14/h14-15,18H,5-13H2,1-4H3. The Balaban J connectivity index is 1.66. The van der Waals surface area contributed by atoms with Crippen LogP contribution >= 0.6 is 0 Å².